The van der Waals surface area contributed by atoms with Crippen molar-refractivity contribution in [3.8, 4) is 0 Å². The first-order valence-electron chi connectivity index (χ1n) is 16.1. The number of hydrogen-bond acceptors (Lipinski definition) is 8. The Balaban J connectivity index is 0.991. The lowest BCUT2D eigenvalue weighted by Gasteiger charge is -2.32. The highest BCUT2D eigenvalue weighted by molar-refractivity contribution is 6.03. The molecule has 0 spiro atoms. The van der Waals surface area contributed by atoms with Crippen LogP contribution in [-0.2, 0) is 12.7 Å². The van der Waals surface area contributed by atoms with Crippen LogP contribution < -0.4 is 21.3 Å². The van der Waals surface area contributed by atoms with Crippen LogP contribution in [0.4, 0.5) is 45.6 Å². The van der Waals surface area contributed by atoms with E-state index in [1.807, 2.05) is 18.2 Å². The monoisotopic (exact) mass is 680 g/mol. The highest BCUT2D eigenvalue weighted by atomic mass is 19.4. The summed E-state index contributed by atoms with van der Waals surface area (Å²) in [7, 11) is 0. The molecule has 0 unspecified atom stereocenters. The summed E-state index contributed by atoms with van der Waals surface area (Å²) in [5.74, 6) is -2.06. The van der Waals surface area contributed by atoms with Crippen LogP contribution in [0.2, 0.25) is 0 Å². The molecule has 2 aliphatic heterocycles. The molecular formula is C34H36F4N8O3. The molecule has 4 N–H and O–H groups in total. The molecule has 2 aromatic heterocycles. The number of piperidine rings is 2. The number of carbonyl (C=O) groups excluding carboxylic acids is 2. The molecule has 15 heteroatoms. The van der Waals surface area contributed by atoms with Gasteiger partial charge in [0.25, 0.3) is 11.9 Å². The molecule has 49 heavy (non-hydrogen) atoms. The van der Waals surface area contributed by atoms with Gasteiger partial charge in [0.1, 0.15) is 11.6 Å². The number of pyridine rings is 1. The van der Waals surface area contributed by atoms with Gasteiger partial charge >= 0.3 is 12.2 Å². The number of alkyl halides is 3. The number of hydrogen-bond donors (Lipinski definition) is 4. The number of amides is 3. The van der Waals surface area contributed by atoms with E-state index in [9.17, 15) is 27.2 Å². The van der Waals surface area contributed by atoms with Gasteiger partial charge < -0.3 is 30.6 Å². The van der Waals surface area contributed by atoms with E-state index in [0.717, 1.165) is 19.6 Å². The van der Waals surface area contributed by atoms with Crippen molar-refractivity contribution in [2.75, 3.05) is 47.4 Å². The van der Waals surface area contributed by atoms with E-state index in [-0.39, 0.29) is 35.5 Å². The normalized spacial score (nSPS) is 16.3. The highest BCUT2D eigenvalue weighted by Gasteiger charge is 2.41. The first-order chi connectivity index (χ1) is 23.6. The van der Waals surface area contributed by atoms with Gasteiger partial charge in [-0.3, -0.25) is 9.69 Å². The fraction of sp³-hybridized carbons (Fsp3) is 0.353. The SMILES string of the molecule is O=C(Nc1ccc(NC2CCN(C(=O)Nc3ccccc3F)CC2)nc1)c1oc(NC2CCN(Cc3ccccc3)CC2)nc1C(F)(F)F. The lowest BCUT2D eigenvalue weighted by molar-refractivity contribution is -0.141. The van der Waals surface area contributed by atoms with E-state index in [0.29, 0.717) is 44.6 Å². The van der Waals surface area contributed by atoms with Crippen LogP contribution in [0.1, 0.15) is 47.5 Å². The predicted molar refractivity (Wildman–Crippen MR) is 176 cm³/mol. The molecule has 4 heterocycles. The van der Waals surface area contributed by atoms with E-state index in [2.05, 4.69) is 48.3 Å². The lowest BCUT2D eigenvalue weighted by Crippen LogP contribution is -2.44. The quantitative estimate of drug-likeness (QED) is 0.145. The molecule has 0 saturated carbocycles. The van der Waals surface area contributed by atoms with Crippen molar-refractivity contribution >= 4 is 35.1 Å². The zero-order valence-corrected chi connectivity index (χ0v) is 26.5. The molecule has 0 atom stereocenters. The summed E-state index contributed by atoms with van der Waals surface area (Å²) < 4.78 is 60.8. The molecule has 0 aliphatic carbocycles. The fourth-order valence-electron chi connectivity index (χ4n) is 5.91. The maximum atomic E-state index is 13.9. The summed E-state index contributed by atoms with van der Waals surface area (Å²) in [5, 5.41) is 11.2. The Morgan fingerprint density at radius 3 is 2.18 bits per heavy atom. The highest BCUT2D eigenvalue weighted by Crippen LogP contribution is 2.34. The first-order valence-corrected chi connectivity index (χ1v) is 16.1. The summed E-state index contributed by atoms with van der Waals surface area (Å²) in [6.07, 6.45) is -1.01. The third-order valence-electron chi connectivity index (χ3n) is 8.54. The summed E-state index contributed by atoms with van der Waals surface area (Å²) in [6, 6.07) is 18.2. The summed E-state index contributed by atoms with van der Waals surface area (Å²) in [4.78, 5) is 37.2. The maximum absolute atomic E-state index is 13.9. The van der Waals surface area contributed by atoms with Crippen molar-refractivity contribution in [2.45, 2.75) is 50.5 Å². The average molecular weight is 681 g/mol. The summed E-state index contributed by atoms with van der Waals surface area (Å²) in [5.41, 5.74) is 0.0654. The molecule has 2 saturated heterocycles. The molecule has 2 aliphatic rings. The van der Waals surface area contributed by atoms with Gasteiger partial charge in [-0.05, 0) is 55.5 Å². The number of likely N-dealkylation sites (tertiary alicyclic amines) is 2. The summed E-state index contributed by atoms with van der Waals surface area (Å²) in [6.45, 7) is 3.17. The molecule has 2 aromatic carbocycles. The van der Waals surface area contributed by atoms with Crippen LogP contribution in [0.25, 0.3) is 0 Å². The van der Waals surface area contributed by atoms with Gasteiger partial charge in [0.2, 0.25) is 5.76 Å². The predicted octanol–water partition coefficient (Wildman–Crippen LogP) is 6.66. The van der Waals surface area contributed by atoms with Crippen LogP contribution >= 0.6 is 0 Å². The zero-order valence-electron chi connectivity index (χ0n) is 26.5. The smallest absolute Gasteiger partial charge is 0.418 e. The van der Waals surface area contributed by atoms with Gasteiger partial charge in [0.05, 0.1) is 17.6 Å². The van der Waals surface area contributed by atoms with Crippen molar-refractivity contribution in [2.24, 2.45) is 0 Å². The Labute approximate surface area is 280 Å². The number of rotatable bonds is 9. The summed E-state index contributed by atoms with van der Waals surface area (Å²) >= 11 is 0. The minimum Gasteiger partial charge on any atom is -0.418 e. The van der Waals surface area contributed by atoms with E-state index in [1.165, 1.54) is 30.0 Å². The molecule has 0 radical (unpaired) electrons. The lowest BCUT2D eigenvalue weighted by atomic mass is 10.0. The second-order valence-electron chi connectivity index (χ2n) is 12.1. The number of oxazole rings is 1. The van der Waals surface area contributed by atoms with E-state index < -0.39 is 29.4 Å². The van der Waals surface area contributed by atoms with Crippen molar-refractivity contribution < 1.29 is 31.6 Å². The number of nitrogens with one attached hydrogen (secondary N) is 4. The number of carbonyl (C=O) groups is 2. The van der Waals surface area contributed by atoms with E-state index >= 15 is 0 Å². The van der Waals surface area contributed by atoms with E-state index in [4.69, 9.17) is 4.42 Å². The maximum Gasteiger partial charge on any atom is 0.437 e. The minimum atomic E-state index is -4.91. The Hall–Kier alpha value is -5.18. The minimum absolute atomic E-state index is 0.00369. The number of halogens is 4. The topological polar surface area (TPSA) is 128 Å². The van der Waals surface area contributed by atoms with Crippen LogP contribution in [0, 0.1) is 5.82 Å². The van der Waals surface area contributed by atoms with Gasteiger partial charge in [-0.15, -0.1) is 0 Å². The Morgan fingerprint density at radius 2 is 1.51 bits per heavy atom. The molecule has 3 amide bonds. The third kappa shape index (κ3) is 8.84. The second-order valence-corrected chi connectivity index (χ2v) is 12.1. The Bertz CT molecular complexity index is 1720. The van der Waals surface area contributed by atoms with Crippen LogP contribution in [0.3, 0.4) is 0 Å². The van der Waals surface area contributed by atoms with Gasteiger partial charge in [-0.25, -0.2) is 14.2 Å². The zero-order chi connectivity index (χ0) is 34.4. The molecule has 2 fully saturated rings. The van der Waals surface area contributed by atoms with Gasteiger partial charge in [0.15, 0.2) is 5.69 Å². The van der Waals surface area contributed by atoms with Crippen molar-refractivity contribution in [3.05, 3.63) is 95.8 Å². The van der Waals surface area contributed by atoms with Gasteiger partial charge in [-0.2, -0.15) is 18.2 Å². The van der Waals surface area contributed by atoms with Crippen LogP contribution in [0.5, 0.6) is 0 Å². The van der Waals surface area contributed by atoms with Gasteiger partial charge in [0, 0.05) is 44.8 Å². The first kappa shape index (κ1) is 33.7. The number of para-hydroxylation sites is 1. The Morgan fingerprint density at radius 1 is 0.837 bits per heavy atom. The van der Waals surface area contributed by atoms with Crippen molar-refractivity contribution in [1.82, 2.24) is 19.8 Å². The molecule has 6 rings (SSSR count). The van der Waals surface area contributed by atoms with Crippen LogP contribution in [0.15, 0.2) is 77.3 Å². The average Bonchev–Trinajstić information content (AvgIpc) is 3.53. The fourth-order valence-corrected chi connectivity index (χ4v) is 5.91. The Kier molecular flexibility index (Phi) is 10.3. The number of benzene rings is 2. The standard InChI is InChI=1S/C34H36F4N8O3/c35-26-8-4-5-9-27(26)43-33(48)46-18-14-23(15-19-46)40-28-11-10-25(20-39-28)41-31(47)29-30(34(36,37)38)44-32(49-29)42-24-12-16-45(17-13-24)21-22-6-2-1-3-7-22/h1-11,20,23-24H,12-19,21H2,(H,39,40)(H,41,47)(H,42,44)(H,43,48). The number of anilines is 4. The molecule has 4 aromatic rings. The number of nitrogens with zero attached hydrogens (tertiary/aromatic N) is 4. The molecule has 258 valence electrons. The second kappa shape index (κ2) is 14.9. The van der Waals surface area contributed by atoms with Crippen LogP contribution in [-0.4, -0.2) is 70.0 Å². The van der Waals surface area contributed by atoms with Crippen molar-refractivity contribution in [3.63, 3.8) is 0 Å². The van der Waals surface area contributed by atoms with Crippen molar-refractivity contribution in [1.29, 1.82) is 0 Å². The molecule has 0 bridgehead atoms. The third-order valence-corrected chi connectivity index (χ3v) is 8.54. The molecule has 11 nitrogen and oxygen atoms in total. The number of urea groups is 1. The van der Waals surface area contributed by atoms with Gasteiger partial charge in [-0.1, -0.05) is 42.5 Å². The molecular weight excluding hydrogens is 644 g/mol. The largest absolute Gasteiger partial charge is 0.437 e. The number of aromatic nitrogens is 2. The van der Waals surface area contributed by atoms with E-state index in [1.54, 1.807) is 23.1 Å².